The van der Waals surface area contributed by atoms with E-state index in [1.54, 1.807) is 18.3 Å². The lowest BCUT2D eigenvalue weighted by Crippen LogP contribution is -2.13. The van der Waals surface area contributed by atoms with Gasteiger partial charge in [-0.25, -0.2) is 8.42 Å². The normalized spacial score (nSPS) is 12.2. The Morgan fingerprint density at radius 2 is 1.61 bits per heavy atom. The second kappa shape index (κ2) is 8.15. The molecule has 0 aliphatic heterocycles. The average molecular weight is 462 g/mol. The summed E-state index contributed by atoms with van der Waals surface area (Å²) in [7, 11) is -3.33. The molecule has 0 bridgehead atoms. The molecule has 7 heteroatoms. The van der Waals surface area contributed by atoms with Crippen LogP contribution >= 0.6 is 0 Å². The Morgan fingerprint density at radius 1 is 0.909 bits per heavy atom. The number of aromatic nitrogens is 2. The van der Waals surface area contributed by atoms with E-state index in [-0.39, 0.29) is 11.0 Å². The molecule has 2 heterocycles. The van der Waals surface area contributed by atoms with Crippen LogP contribution < -0.4 is 10.3 Å². The SMILES string of the molecule is Cc1ccc(-c2cc(C(C)(C)C)cc3cc(-c4ccc(NS(C)(=O)=O)cc4)cnc23)c(=O)[nH]1. The summed E-state index contributed by atoms with van der Waals surface area (Å²) < 4.78 is 25.4. The first-order chi connectivity index (χ1) is 15.4. The van der Waals surface area contributed by atoms with Gasteiger partial charge in [-0.3, -0.25) is 14.5 Å². The summed E-state index contributed by atoms with van der Waals surface area (Å²) in [5, 5.41) is 0.938. The minimum atomic E-state index is -3.33. The molecule has 0 spiro atoms. The lowest BCUT2D eigenvalue weighted by atomic mass is 9.84. The van der Waals surface area contributed by atoms with E-state index in [0.717, 1.165) is 45.1 Å². The first kappa shape index (κ1) is 22.7. The van der Waals surface area contributed by atoms with Crippen molar-refractivity contribution in [2.75, 3.05) is 11.0 Å². The molecular formula is C26H27N3O3S. The van der Waals surface area contributed by atoms with Crippen LogP contribution in [0.5, 0.6) is 0 Å². The fourth-order valence-electron chi connectivity index (χ4n) is 3.78. The number of benzene rings is 2. The highest BCUT2D eigenvalue weighted by atomic mass is 32.2. The quantitative estimate of drug-likeness (QED) is 0.435. The number of pyridine rings is 2. The van der Waals surface area contributed by atoms with Crippen molar-refractivity contribution in [3.63, 3.8) is 0 Å². The molecule has 0 aliphatic carbocycles. The third-order valence-corrected chi connectivity index (χ3v) is 6.12. The van der Waals surface area contributed by atoms with Crippen molar-refractivity contribution in [3.8, 4) is 22.3 Å². The van der Waals surface area contributed by atoms with Gasteiger partial charge in [0.15, 0.2) is 0 Å². The molecule has 2 aromatic heterocycles. The van der Waals surface area contributed by atoms with Gasteiger partial charge < -0.3 is 4.98 Å². The molecule has 0 unspecified atom stereocenters. The first-order valence-electron chi connectivity index (χ1n) is 10.6. The van der Waals surface area contributed by atoms with E-state index in [1.807, 2.05) is 31.2 Å². The molecule has 0 aliphatic rings. The molecule has 4 rings (SSSR count). The van der Waals surface area contributed by atoms with Crippen molar-refractivity contribution in [3.05, 3.63) is 82.4 Å². The number of hydrogen-bond acceptors (Lipinski definition) is 4. The third-order valence-electron chi connectivity index (χ3n) is 5.52. The minimum Gasteiger partial charge on any atom is -0.326 e. The second-order valence-electron chi connectivity index (χ2n) is 9.41. The molecule has 2 aromatic carbocycles. The number of anilines is 1. The summed E-state index contributed by atoms with van der Waals surface area (Å²) >= 11 is 0. The summed E-state index contributed by atoms with van der Waals surface area (Å²) in [6.45, 7) is 8.28. The van der Waals surface area contributed by atoms with Gasteiger partial charge in [-0.2, -0.15) is 0 Å². The van der Waals surface area contributed by atoms with Crippen LogP contribution in [0.15, 0.2) is 65.6 Å². The van der Waals surface area contributed by atoms with Crippen LogP contribution in [0.4, 0.5) is 5.69 Å². The number of fused-ring (bicyclic) bond motifs is 1. The monoisotopic (exact) mass is 461 g/mol. The number of aryl methyl sites for hydroxylation is 1. The van der Waals surface area contributed by atoms with E-state index >= 15 is 0 Å². The summed E-state index contributed by atoms with van der Waals surface area (Å²) in [5.74, 6) is 0. The van der Waals surface area contributed by atoms with E-state index in [2.05, 4.69) is 48.7 Å². The topological polar surface area (TPSA) is 91.9 Å². The van der Waals surface area contributed by atoms with Crippen molar-refractivity contribution in [2.24, 2.45) is 0 Å². The van der Waals surface area contributed by atoms with E-state index in [1.165, 1.54) is 0 Å². The Bertz CT molecular complexity index is 1510. The lowest BCUT2D eigenvalue weighted by Gasteiger charge is -2.21. The fraction of sp³-hybridized carbons (Fsp3) is 0.231. The molecule has 33 heavy (non-hydrogen) atoms. The number of hydrogen-bond donors (Lipinski definition) is 2. The molecule has 4 aromatic rings. The Morgan fingerprint density at radius 3 is 2.21 bits per heavy atom. The van der Waals surface area contributed by atoms with Crippen LogP contribution in [0, 0.1) is 6.92 Å². The largest absolute Gasteiger partial charge is 0.326 e. The van der Waals surface area contributed by atoms with Crippen molar-refractivity contribution >= 4 is 26.6 Å². The molecule has 2 N–H and O–H groups in total. The Kier molecular flexibility index (Phi) is 5.62. The predicted octanol–water partition coefficient (Wildman–Crippen LogP) is 5.23. The highest BCUT2D eigenvalue weighted by Crippen LogP contribution is 2.34. The predicted molar refractivity (Wildman–Crippen MR) is 135 cm³/mol. The van der Waals surface area contributed by atoms with Crippen molar-refractivity contribution in [1.29, 1.82) is 0 Å². The van der Waals surface area contributed by atoms with Gasteiger partial charge in [0.1, 0.15) is 0 Å². The average Bonchev–Trinajstić information content (AvgIpc) is 2.71. The number of nitrogens with zero attached hydrogens (tertiary/aromatic N) is 1. The molecule has 0 fully saturated rings. The number of H-pyrrole nitrogens is 1. The molecule has 0 saturated carbocycles. The van der Waals surface area contributed by atoms with Gasteiger partial charge in [0, 0.05) is 39.7 Å². The standard InChI is InChI=1S/C26H27N3O3S/c1-16-6-11-22(25(30)28-16)23-14-20(26(2,3)4)13-18-12-19(15-27-24(18)23)17-7-9-21(10-8-17)29-33(5,31)32/h6-15,29H,1-5H3,(H,28,30). The number of aromatic amines is 1. The van der Waals surface area contributed by atoms with E-state index in [4.69, 9.17) is 4.98 Å². The van der Waals surface area contributed by atoms with Gasteiger partial charge in [0.2, 0.25) is 10.0 Å². The molecule has 0 amide bonds. The van der Waals surface area contributed by atoms with Crippen molar-refractivity contribution in [2.45, 2.75) is 33.1 Å². The summed E-state index contributed by atoms with van der Waals surface area (Å²) in [6, 6.07) is 17.1. The molecular weight excluding hydrogens is 434 g/mol. The van der Waals surface area contributed by atoms with E-state index in [0.29, 0.717) is 11.3 Å². The van der Waals surface area contributed by atoms with Crippen LogP contribution in [-0.2, 0) is 15.4 Å². The summed E-state index contributed by atoms with van der Waals surface area (Å²) in [4.78, 5) is 20.4. The van der Waals surface area contributed by atoms with Crippen LogP contribution in [0.2, 0.25) is 0 Å². The van der Waals surface area contributed by atoms with Crippen molar-refractivity contribution in [1.82, 2.24) is 9.97 Å². The van der Waals surface area contributed by atoms with E-state index in [9.17, 15) is 13.2 Å². The maximum absolute atomic E-state index is 12.7. The van der Waals surface area contributed by atoms with Crippen LogP contribution in [0.25, 0.3) is 33.2 Å². The van der Waals surface area contributed by atoms with Crippen LogP contribution in [0.3, 0.4) is 0 Å². The first-order valence-corrected chi connectivity index (χ1v) is 12.5. The molecule has 170 valence electrons. The number of sulfonamides is 1. The number of rotatable bonds is 4. The van der Waals surface area contributed by atoms with Crippen LogP contribution in [-0.4, -0.2) is 24.6 Å². The van der Waals surface area contributed by atoms with Crippen LogP contribution in [0.1, 0.15) is 32.0 Å². The van der Waals surface area contributed by atoms with Crippen molar-refractivity contribution < 1.29 is 8.42 Å². The zero-order valence-corrected chi connectivity index (χ0v) is 20.2. The zero-order valence-electron chi connectivity index (χ0n) is 19.4. The highest BCUT2D eigenvalue weighted by Gasteiger charge is 2.19. The Hall–Kier alpha value is -3.45. The van der Waals surface area contributed by atoms with Gasteiger partial charge >= 0.3 is 0 Å². The lowest BCUT2D eigenvalue weighted by molar-refractivity contribution is 0.591. The van der Waals surface area contributed by atoms with Gasteiger partial charge in [0.05, 0.1) is 11.8 Å². The molecule has 0 atom stereocenters. The Labute approximate surface area is 193 Å². The Balaban J connectivity index is 1.87. The van der Waals surface area contributed by atoms with Gasteiger partial charge in [-0.15, -0.1) is 0 Å². The van der Waals surface area contributed by atoms with Gasteiger partial charge in [-0.1, -0.05) is 32.9 Å². The number of nitrogens with one attached hydrogen (secondary N) is 2. The molecule has 0 saturated heterocycles. The minimum absolute atomic E-state index is 0.116. The fourth-order valence-corrected chi connectivity index (χ4v) is 4.34. The zero-order chi connectivity index (χ0) is 24.0. The smallest absolute Gasteiger partial charge is 0.256 e. The highest BCUT2D eigenvalue weighted by molar-refractivity contribution is 7.92. The summed E-state index contributed by atoms with van der Waals surface area (Å²) in [6.07, 6.45) is 2.90. The molecule has 0 radical (unpaired) electrons. The van der Waals surface area contributed by atoms with E-state index < -0.39 is 10.0 Å². The maximum atomic E-state index is 12.7. The third kappa shape index (κ3) is 4.98. The summed E-state index contributed by atoms with van der Waals surface area (Å²) in [5.41, 5.74) is 6.15. The second-order valence-corrected chi connectivity index (χ2v) is 11.2. The molecule has 6 nitrogen and oxygen atoms in total. The van der Waals surface area contributed by atoms with Gasteiger partial charge in [0.25, 0.3) is 5.56 Å². The maximum Gasteiger partial charge on any atom is 0.256 e. The van der Waals surface area contributed by atoms with Gasteiger partial charge in [-0.05, 0) is 65.9 Å².